The Morgan fingerprint density at radius 2 is 2.25 bits per heavy atom. The van der Waals surface area contributed by atoms with Crippen LogP contribution in [0.25, 0.3) is 11.0 Å². The molecule has 1 saturated carbocycles. The Hall–Kier alpha value is -1.55. The van der Waals surface area contributed by atoms with Crippen molar-refractivity contribution in [3.05, 3.63) is 24.0 Å². The lowest BCUT2D eigenvalue weighted by Crippen LogP contribution is -2.23. The Labute approximate surface area is 93.5 Å². The Morgan fingerprint density at radius 1 is 1.38 bits per heavy atom. The molecule has 1 heterocycles. The summed E-state index contributed by atoms with van der Waals surface area (Å²) in [6.07, 6.45) is 3.36. The van der Waals surface area contributed by atoms with E-state index in [1.165, 1.54) is 6.42 Å². The molecule has 1 fully saturated rings. The van der Waals surface area contributed by atoms with Gasteiger partial charge in [0.1, 0.15) is 11.6 Å². The quantitative estimate of drug-likeness (QED) is 0.682. The Kier molecular flexibility index (Phi) is 2.11. The van der Waals surface area contributed by atoms with Crippen LogP contribution in [0, 0.1) is 0 Å². The Balaban J connectivity index is 2.04. The van der Waals surface area contributed by atoms with Crippen LogP contribution in [0.4, 0.5) is 0 Å². The van der Waals surface area contributed by atoms with Gasteiger partial charge in [0, 0.05) is 18.0 Å². The van der Waals surface area contributed by atoms with E-state index in [9.17, 15) is 5.11 Å². The highest BCUT2D eigenvalue weighted by atomic mass is 16.3. The normalized spacial score (nSPS) is 25.3. The van der Waals surface area contributed by atoms with Crippen molar-refractivity contribution >= 4 is 11.0 Å². The predicted octanol–water partition coefficient (Wildman–Crippen LogP) is 1.86. The number of rotatable bonds is 1. The van der Waals surface area contributed by atoms with Gasteiger partial charge in [0.25, 0.3) is 0 Å². The highest BCUT2D eigenvalue weighted by Crippen LogP contribution is 2.33. The van der Waals surface area contributed by atoms with Crippen molar-refractivity contribution in [2.75, 3.05) is 0 Å². The van der Waals surface area contributed by atoms with E-state index in [0.717, 1.165) is 29.7 Å². The van der Waals surface area contributed by atoms with E-state index < -0.39 is 0 Å². The lowest BCUT2D eigenvalue weighted by molar-refractivity contribution is 0.476. The van der Waals surface area contributed by atoms with Gasteiger partial charge in [0.15, 0.2) is 0 Å². The minimum absolute atomic E-state index is 0.217. The summed E-state index contributed by atoms with van der Waals surface area (Å²) in [5, 5.41) is 9.38. The summed E-state index contributed by atoms with van der Waals surface area (Å²) < 4.78 is 0. The minimum atomic E-state index is 0.217. The number of aromatic amines is 1. The van der Waals surface area contributed by atoms with Crippen molar-refractivity contribution in [3.63, 3.8) is 0 Å². The first-order valence-corrected chi connectivity index (χ1v) is 5.68. The summed E-state index contributed by atoms with van der Waals surface area (Å²) in [7, 11) is 0. The van der Waals surface area contributed by atoms with Crippen LogP contribution in [0.5, 0.6) is 5.75 Å². The van der Waals surface area contributed by atoms with E-state index in [1.807, 2.05) is 6.07 Å². The van der Waals surface area contributed by atoms with E-state index in [-0.39, 0.29) is 11.8 Å². The van der Waals surface area contributed by atoms with Gasteiger partial charge in [-0.05, 0) is 25.0 Å². The van der Waals surface area contributed by atoms with E-state index in [1.54, 1.807) is 12.1 Å². The number of aromatic nitrogens is 2. The first kappa shape index (κ1) is 9.66. The highest BCUT2D eigenvalue weighted by molar-refractivity contribution is 5.76. The molecular weight excluding hydrogens is 202 g/mol. The number of hydrogen-bond donors (Lipinski definition) is 3. The maximum absolute atomic E-state index is 9.38. The molecule has 0 aliphatic heterocycles. The average molecular weight is 217 g/mol. The largest absolute Gasteiger partial charge is 0.508 e. The molecule has 4 nitrogen and oxygen atoms in total. The van der Waals surface area contributed by atoms with Gasteiger partial charge < -0.3 is 15.8 Å². The average Bonchev–Trinajstić information content (AvgIpc) is 2.82. The summed E-state index contributed by atoms with van der Waals surface area (Å²) >= 11 is 0. The number of imidazole rings is 1. The van der Waals surface area contributed by atoms with Crippen LogP contribution in [-0.2, 0) is 0 Å². The number of hydrogen-bond acceptors (Lipinski definition) is 3. The Morgan fingerprint density at radius 3 is 3.00 bits per heavy atom. The van der Waals surface area contributed by atoms with E-state index >= 15 is 0 Å². The zero-order chi connectivity index (χ0) is 11.1. The third-order valence-electron chi connectivity index (χ3n) is 3.40. The third-order valence-corrected chi connectivity index (χ3v) is 3.40. The van der Waals surface area contributed by atoms with E-state index in [2.05, 4.69) is 9.97 Å². The van der Waals surface area contributed by atoms with E-state index in [4.69, 9.17) is 5.73 Å². The molecule has 0 radical (unpaired) electrons. The molecule has 1 aliphatic carbocycles. The fraction of sp³-hybridized carbons (Fsp3) is 0.417. The van der Waals surface area contributed by atoms with Crippen molar-refractivity contribution in [2.24, 2.45) is 5.73 Å². The molecule has 3 rings (SSSR count). The number of H-pyrrole nitrogens is 1. The van der Waals surface area contributed by atoms with Gasteiger partial charge in [0.2, 0.25) is 0 Å². The molecule has 4 N–H and O–H groups in total. The molecule has 1 aromatic heterocycles. The maximum Gasteiger partial charge on any atom is 0.117 e. The van der Waals surface area contributed by atoms with Crippen LogP contribution in [0.1, 0.15) is 31.0 Å². The standard InChI is InChI=1S/C12H15N3O/c13-9-3-1-2-8(9)12-14-10-5-4-7(16)6-11(10)15-12/h4-6,8-9,16H,1-3,13H2,(H,14,15). The molecule has 4 heteroatoms. The van der Waals surface area contributed by atoms with E-state index in [0.29, 0.717) is 5.92 Å². The number of aromatic hydroxyl groups is 1. The van der Waals surface area contributed by atoms with Crippen LogP contribution in [0.2, 0.25) is 0 Å². The Bertz CT molecular complexity index is 520. The number of benzene rings is 1. The molecule has 1 aliphatic rings. The van der Waals surface area contributed by atoms with Crippen molar-refractivity contribution in [1.82, 2.24) is 9.97 Å². The van der Waals surface area contributed by atoms with Gasteiger partial charge in [-0.25, -0.2) is 4.98 Å². The summed E-state index contributed by atoms with van der Waals surface area (Å²) in [6, 6.07) is 5.40. The van der Waals surface area contributed by atoms with Gasteiger partial charge >= 0.3 is 0 Å². The van der Waals surface area contributed by atoms with Gasteiger partial charge in [-0.15, -0.1) is 0 Å². The molecule has 0 amide bonds. The number of nitrogens with two attached hydrogens (primary N) is 1. The van der Waals surface area contributed by atoms with Crippen molar-refractivity contribution < 1.29 is 5.11 Å². The van der Waals surface area contributed by atoms with Gasteiger partial charge in [-0.1, -0.05) is 6.42 Å². The number of phenols is 1. The van der Waals surface area contributed by atoms with Crippen LogP contribution >= 0.6 is 0 Å². The zero-order valence-corrected chi connectivity index (χ0v) is 8.98. The first-order valence-electron chi connectivity index (χ1n) is 5.68. The SMILES string of the molecule is NC1CCCC1c1nc2ccc(O)cc2[nH]1. The van der Waals surface area contributed by atoms with Crippen LogP contribution in [-0.4, -0.2) is 21.1 Å². The fourth-order valence-corrected chi connectivity index (χ4v) is 2.52. The monoisotopic (exact) mass is 217 g/mol. The van der Waals surface area contributed by atoms with Crippen molar-refractivity contribution in [3.8, 4) is 5.75 Å². The second kappa shape index (κ2) is 3.49. The van der Waals surface area contributed by atoms with Gasteiger partial charge in [-0.3, -0.25) is 0 Å². The molecule has 2 unspecified atom stereocenters. The molecule has 0 bridgehead atoms. The second-order valence-corrected chi connectivity index (χ2v) is 4.52. The fourth-order valence-electron chi connectivity index (χ4n) is 2.52. The number of phenolic OH excluding ortho intramolecular Hbond substituents is 1. The molecule has 16 heavy (non-hydrogen) atoms. The van der Waals surface area contributed by atoms with Crippen LogP contribution in [0.3, 0.4) is 0 Å². The van der Waals surface area contributed by atoms with Crippen LogP contribution < -0.4 is 5.73 Å². The first-order chi connectivity index (χ1) is 7.74. The molecule has 0 saturated heterocycles. The summed E-state index contributed by atoms with van der Waals surface area (Å²) in [5.74, 6) is 1.57. The minimum Gasteiger partial charge on any atom is -0.508 e. The van der Waals surface area contributed by atoms with Crippen LogP contribution in [0.15, 0.2) is 18.2 Å². The maximum atomic E-state index is 9.38. The second-order valence-electron chi connectivity index (χ2n) is 4.52. The molecular formula is C12H15N3O. The number of fused-ring (bicyclic) bond motifs is 1. The lowest BCUT2D eigenvalue weighted by Gasteiger charge is -2.11. The van der Waals surface area contributed by atoms with Gasteiger partial charge in [-0.2, -0.15) is 0 Å². The summed E-state index contributed by atoms with van der Waals surface area (Å²) in [5.41, 5.74) is 7.83. The molecule has 2 atom stereocenters. The predicted molar refractivity (Wildman–Crippen MR) is 62.3 cm³/mol. The summed E-state index contributed by atoms with van der Waals surface area (Å²) in [4.78, 5) is 7.80. The highest BCUT2D eigenvalue weighted by Gasteiger charge is 2.27. The zero-order valence-electron chi connectivity index (χ0n) is 8.98. The summed E-state index contributed by atoms with van der Waals surface area (Å²) in [6.45, 7) is 0. The van der Waals surface area contributed by atoms with Crippen molar-refractivity contribution in [2.45, 2.75) is 31.2 Å². The topological polar surface area (TPSA) is 74.9 Å². The lowest BCUT2D eigenvalue weighted by atomic mass is 10.0. The smallest absolute Gasteiger partial charge is 0.117 e. The van der Waals surface area contributed by atoms with Gasteiger partial charge in [0.05, 0.1) is 11.0 Å². The molecule has 84 valence electrons. The molecule has 2 aromatic rings. The molecule has 0 spiro atoms. The number of nitrogens with zero attached hydrogens (tertiary/aromatic N) is 1. The molecule has 1 aromatic carbocycles. The number of nitrogens with one attached hydrogen (secondary N) is 1. The van der Waals surface area contributed by atoms with Crippen molar-refractivity contribution in [1.29, 1.82) is 0 Å². The third kappa shape index (κ3) is 1.46.